The largest absolute Gasteiger partial charge is 0.508 e. The summed E-state index contributed by atoms with van der Waals surface area (Å²) in [5.74, 6) is 0.139. The van der Waals surface area contributed by atoms with Crippen LogP contribution in [0.1, 0.15) is 0 Å². The van der Waals surface area contributed by atoms with Gasteiger partial charge in [0.05, 0.1) is 0 Å². The topological polar surface area (TPSA) is 77.8 Å². The molecule has 0 spiro atoms. The minimum absolute atomic E-state index is 0.139. The van der Waals surface area contributed by atoms with Crippen LogP contribution in [0.4, 0.5) is 0 Å². The van der Waals surface area contributed by atoms with E-state index in [2.05, 4.69) is 0 Å². The Kier molecular flexibility index (Phi) is 3.39. The second-order valence-corrected chi connectivity index (χ2v) is 5.55. The quantitative estimate of drug-likeness (QED) is 0.533. The maximum atomic E-state index is 10.5. The van der Waals surface area contributed by atoms with E-state index in [9.17, 15) is 4.57 Å². The van der Waals surface area contributed by atoms with Gasteiger partial charge in [-0.2, -0.15) is 0 Å². The zero-order valence-electron chi connectivity index (χ0n) is 6.62. The van der Waals surface area contributed by atoms with E-state index in [0.717, 1.165) is 16.7 Å². The molecule has 0 heterocycles. The third-order valence-electron chi connectivity index (χ3n) is 1.24. The van der Waals surface area contributed by atoms with Crippen LogP contribution in [0.3, 0.4) is 0 Å². The summed E-state index contributed by atoms with van der Waals surface area (Å²) in [7, 11) is -3.94. The molecule has 0 radical (unpaired) electrons. The first-order valence-electron chi connectivity index (χ1n) is 3.44. The average Bonchev–Trinajstić information content (AvgIpc) is 2.02. The van der Waals surface area contributed by atoms with E-state index in [1.165, 1.54) is 12.1 Å². The molecule has 13 heavy (non-hydrogen) atoms. The summed E-state index contributed by atoms with van der Waals surface area (Å²) < 4.78 is 10.5. The normalized spacial score (nSPS) is 11.5. The van der Waals surface area contributed by atoms with Crippen LogP contribution in [-0.4, -0.2) is 20.4 Å². The van der Waals surface area contributed by atoms with Gasteiger partial charge in [-0.15, -0.1) is 11.8 Å². The molecular weight excluding hydrogens is 211 g/mol. The Bertz CT molecular complexity index is 318. The molecule has 0 bridgehead atoms. The zero-order valence-corrected chi connectivity index (χ0v) is 8.33. The van der Waals surface area contributed by atoms with Gasteiger partial charge in [-0.3, -0.25) is 4.57 Å². The van der Waals surface area contributed by atoms with E-state index >= 15 is 0 Å². The van der Waals surface area contributed by atoms with Gasteiger partial charge in [0.1, 0.15) is 11.2 Å². The molecule has 1 aromatic rings. The molecule has 0 amide bonds. The van der Waals surface area contributed by atoms with Crippen LogP contribution in [0.15, 0.2) is 29.2 Å². The third kappa shape index (κ3) is 4.33. The first-order chi connectivity index (χ1) is 5.97. The second-order valence-electron chi connectivity index (χ2n) is 2.43. The lowest BCUT2D eigenvalue weighted by atomic mass is 10.3. The molecule has 72 valence electrons. The first kappa shape index (κ1) is 10.6. The van der Waals surface area contributed by atoms with Crippen LogP contribution in [0.2, 0.25) is 0 Å². The Morgan fingerprint density at radius 2 is 1.77 bits per heavy atom. The Hall–Kier alpha value is -0.480. The van der Waals surface area contributed by atoms with Crippen LogP contribution in [0.25, 0.3) is 0 Å². The lowest BCUT2D eigenvalue weighted by Crippen LogP contribution is -1.81. The maximum absolute atomic E-state index is 10.5. The van der Waals surface area contributed by atoms with Crippen molar-refractivity contribution in [1.82, 2.24) is 0 Å². The Morgan fingerprint density at radius 3 is 2.23 bits per heavy atom. The van der Waals surface area contributed by atoms with Crippen molar-refractivity contribution < 1.29 is 19.5 Å². The van der Waals surface area contributed by atoms with Gasteiger partial charge >= 0.3 is 7.60 Å². The molecule has 0 atom stereocenters. The van der Waals surface area contributed by atoms with Crippen LogP contribution in [-0.2, 0) is 4.57 Å². The highest BCUT2D eigenvalue weighted by Crippen LogP contribution is 2.41. The number of hydrogen-bond donors (Lipinski definition) is 3. The lowest BCUT2D eigenvalue weighted by molar-refractivity contribution is 0.379. The van der Waals surface area contributed by atoms with Crippen molar-refractivity contribution in [2.75, 3.05) is 5.49 Å². The van der Waals surface area contributed by atoms with E-state index in [4.69, 9.17) is 14.9 Å². The fourth-order valence-corrected chi connectivity index (χ4v) is 2.30. The molecule has 0 unspecified atom stereocenters. The van der Waals surface area contributed by atoms with E-state index < -0.39 is 7.60 Å². The number of rotatable bonds is 3. The molecule has 0 aromatic heterocycles. The molecule has 3 N–H and O–H groups in total. The molecule has 0 saturated heterocycles. The summed E-state index contributed by atoms with van der Waals surface area (Å²) in [5, 5.41) is 8.92. The summed E-state index contributed by atoms with van der Waals surface area (Å²) in [4.78, 5) is 17.9. The minimum atomic E-state index is -3.94. The predicted molar refractivity (Wildman–Crippen MR) is 50.9 cm³/mol. The van der Waals surface area contributed by atoms with Crippen molar-refractivity contribution in [3.8, 4) is 5.75 Å². The second kappa shape index (κ2) is 4.15. The van der Waals surface area contributed by atoms with Gasteiger partial charge in [-0.1, -0.05) is 0 Å². The van der Waals surface area contributed by atoms with Crippen molar-refractivity contribution in [2.45, 2.75) is 4.90 Å². The molecule has 0 saturated carbocycles. The van der Waals surface area contributed by atoms with Gasteiger partial charge in [-0.25, -0.2) is 0 Å². The van der Waals surface area contributed by atoms with Crippen molar-refractivity contribution in [1.29, 1.82) is 0 Å². The van der Waals surface area contributed by atoms with Gasteiger partial charge < -0.3 is 14.9 Å². The van der Waals surface area contributed by atoms with E-state index in [1.807, 2.05) is 0 Å². The van der Waals surface area contributed by atoms with E-state index in [-0.39, 0.29) is 11.2 Å². The van der Waals surface area contributed by atoms with Crippen LogP contribution >= 0.6 is 19.4 Å². The molecule has 0 aliphatic heterocycles. The summed E-state index contributed by atoms with van der Waals surface area (Å²) in [6.45, 7) is 0. The predicted octanol–water partition coefficient (Wildman–Crippen LogP) is 1.62. The van der Waals surface area contributed by atoms with Gasteiger partial charge in [-0.05, 0) is 24.3 Å². The molecule has 0 aliphatic carbocycles. The molecular formula is C7H9O4PS. The van der Waals surface area contributed by atoms with Gasteiger partial charge in [0.2, 0.25) is 0 Å². The first-order valence-corrected chi connectivity index (χ1v) is 6.22. The Balaban J connectivity index is 2.56. The van der Waals surface area contributed by atoms with Crippen LogP contribution < -0.4 is 0 Å². The fraction of sp³-hybridized carbons (Fsp3) is 0.143. The number of aromatic hydroxyl groups is 1. The van der Waals surface area contributed by atoms with Crippen molar-refractivity contribution >= 4 is 19.4 Å². The standard InChI is InChI=1S/C7H9O4PS/c8-6-1-3-7(4-2-6)13-5-12(9,10)11/h1-4,8H,5H2,(H2,9,10,11). The van der Waals surface area contributed by atoms with E-state index in [1.54, 1.807) is 12.1 Å². The van der Waals surface area contributed by atoms with Crippen molar-refractivity contribution in [3.05, 3.63) is 24.3 Å². The lowest BCUT2D eigenvalue weighted by Gasteiger charge is -2.03. The van der Waals surface area contributed by atoms with Gasteiger partial charge in [0, 0.05) is 4.90 Å². The summed E-state index contributed by atoms with van der Waals surface area (Å²) in [5.41, 5.74) is -0.238. The van der Waals surface area contributed by atoms with Crippen LogP contribution in [0, 0.1) is 0 Å². The molecule has 4 nitrogen and oxygen atoms in total. The monoisotopic (exact) mass is 220 g/mol. The number of benzene rings is 1. The number of phenols is 1. The van der Waals surface area contributed by atoms with Crippen molar-refractivity contribution in [3.63, 3.8) is 0 Å². The highest BCUT2D eigenvalue weighted by molar-refractivity contribution is 8.04. The summed E-state index contributed by atoms with van der Waals surface area (Å²) in [6, 6.07) is 6.16. The Morgan fingerprint density at radius 1 is 1.23 bits per heavy atom. The van der Waals surface area contributed by atoms with Gasteiger partial charge in [0.25, 0.3) is 0 Å². The number of hydrogen-bond acceptors (Lipinski definition) is 3. The Labute approximate surface area is 79.8 Å². The van der Waals surface area contributed by atoms with Crippen molar-refractivity contribution in [2.24, 2.45) is 0 Å². The molecule has 6 heteroatoms. The summed E-state index contributed by atoms with van der Waals surface area (Å²) in [6.07, 6.45) is 0. The fourth-order valence-electron chi connectivity index (χ4n) is 0.701. The highest BCUT2D eigenvalue weighted by Gasteiger charge is 2.12. The summed E-state index contributed by atoms with van der Waals surface area (Å²) >= 11 is 1.06. The zero-order chi connectivity index (χ0) is 9.90. The molecule has 1 rings (SSSR count). The minimum Gasteiger partial charge on any atom is -0.508 e. The molecule has 1 aromatic carbocycles. The third-order valence-corrected chi connectivity index (χ3v) is 3.70. The SMILES string of the molecule is O=P(O)(O)CSc1ccc(O)cc1. The van der Waals surface area contributed by atoms with Crippen LogP contribution in [0.5, 0.6) is 5.75 Å². The average molecular weight is 220 g/mol. The molecule has 0 aliphatic rings. The van der Waals surface area contributed by atoms with E-state index in [0.29, 0.717) is 0 Å². The highest BCUT2D eigenvalue weighted by atomic mass is 32.2. The maximum Gasteiger partial charge on any atom is 0.335 e. The molecule has 0 fully saturated rings. The number of thioether (sulfide) groups is 1. The number of phenolic OH excluding ortho intramolecular Hbond substituents is 1. The van der Waals surface area contributed by atoms with Gasteiger partial charge in [0.15, 0.2) is 0 Å². The smallest absolute Gasteiger partial charge is 0.335 e.